The molecule has 0 heterocycles. The molecule has 0 aromatic heterocycles. The van der Waals surface area contributed by atoms with Crippen LogP contribution < -0.4 is 0 Å². The Balaban J connectivity index is 4.57. The third kappa shape index (κ3) is 7.30. The second kappa shape index (κ2) is 7.62. The first kappa shape index (κ1) is 16.3. The molecule has 0 unspecified atom stereocenters. The minimum atomic E-state index is -3.51. The number of nitrogens with zero attached hydrogens (tertiary/aromatic N) is 1. The van der Waals surface area contributed by atoms with E-state index >= 15 is 0 Å². The molecule has 0 aliphatic carbocycles. The molecule has 0 fully saturated rings. The van der Waals surface area contributed by atoms with Crippen LogP contribution in [0, 0.1) is 5.92 Å². The lowest BCUT2D eigenvalue weighted by molar-refractivity contribution is -0.136. The Bertz CT molecular complexity index is 326. The maximum atomic E-state index is 11.9. The molecule has 0 rings (SSSR count). The minimum Gasteiger partial charge on any atom is -0.481 e. The molecular formula is C10H21NO5S. The van der Waals surface area contributed by atoms with Gasteiger partial charge in [-0.05, 0) is 5.92 Å². The number of hydrogen-bond donors (Lipinski definition) is 1. The molecule has 0 atom stereocenters. The maximum absolute atomic E-state index is 11.9. The molecule has 0 saturated heterocycles. The van der Waals surface area contributed by atoms with Crippen LogP contribution in [0.5, 0.6) is 0 Å². The summed E-state index contributed by atoms with van der Waals surface area (Å²) >= 11 is 0. The van der Waals surface area contributed by atoms with E-state index in [1.165, 1.54) is 11.4 Å². The van der Waals surface area contributed by atoms with Gasteiger partial charge in [-0.15, -0.1) is 0 Å². The van der Waals surface area contributed by atoms with Gasteiger partial charge in [0, 0.05) is 20.2 Å². The Morgan fingerprint density at radius 3 is 2.41 bits per heavy atom. The molecule has 1 N–H and O–H groups in total. The number of ether oxygens (including phenoxy) is 1. The molecule has 0 aliphatic rings. The molecule has 0 aromatic carbocycles. The lowest BCUT2D eigenvalue weighted by atomic mass is 10.2. The van der Waals surface area contributed by atoms with Gasteiger partial charge in [0.15, 0.2) is 0 Å². The van der Waals surface area contributed by atoms with Gasteiger partial charge in [0.05, 0.1) is 18.8 Å². The van der Waals surface area contributed by atoms with Gasteiger partial charge in [-0.3, -0.25) is 4.79 Å². The minimum absolute atomic E-state index is 0.187. The number of carboxylic acids is 1. The van der Waals surface area contributed by atoms with Crippen molar-refractivity contribution >= 4 is 16.0 Å². The second-order valence-electron chi connectivity index (χ2n) is 4.20. The molecule has 0 aromatic rings. The van der Waals surface area contributed by atoms with Gasteiger partial charge in [-0.2, -0.15) is 4.31 Å². The monoisotopic (exact) mass is 267 g/mol. The fourth-order valence-corrected chi connectivity index (χ4v) is 2.86. The summed E-state index contributed by atoms with van der Waals surface area (Å²) in [6, 6.07) is 0. The summed E-state index contributed by atoms with van der Waals surface area (Å²) in [7, 11) is -2.01. The van der Waals surface area contributed by atoms with Gasteiger partial charge < -0.3 is 9.84 Å². The van der Waals surface area contributed by atoms with E-state index in [1.807, 2.05) is 13.8 Å². The normalized spacial score (nSPS) is 12.3. The summed E-state index contributed by atoms with van der Waals surface area (Å²) in [5.41, 5.74) is 0. The van der Waals surface area contributed by atoms with Crippen LogP contribution in [0.1, 0.15) is 20.3 Å². The zero-order valence-corrected chi connectivity index (χ0v) is 11.4. The first-order valence-corrected chi connectivity index (χ1v) is 7.09. The van der Waals surface area contributed by atoms with Crippen LogP contribution in [0.25, 0.3) is 0 Å². The average Bonchev–Trinajstić information content (AvgIpc) is 2.21. The highest BCUT2D eigenvalue weighted by Gasteiger charge is 2.23. The number of methoxy groups -OCH3 is 1. The highest BCUT2D eigenvalue weighted by atomic mass is 32.2. The molecule has 0 bridgehead atoms. The Kier molecular flexibility index (Phi) is 7.33. The van der Waals surface area contributed by atoms with Crippen molar-refractivity contribution in [3.05, 3.63) is 0 Å². The Morgan fingerprint density at radius 2 is 2.00 bits per heavy atom. The lowest BCUT2D eigenvalue weighted by Crippen LogP contribution is -2.38. The third-order valence-electron chi connectivity index (χ3n) is 2.08. The molecule has 102 valence electrons. The lowest BCUT2D eigenvalue weighted by Gasteiger charge is -2.23. The maximum Gasteiger partial charge on any atom is 0.304 e. The summed E-state index contributed by atoms with van der Waals surface area (Å²) in [5, 5.41) is 8.51. The summed E-state index contributed by atoms with van der Waals surface area (Å²) in [4.78, 5) is 10.4. The van der Waals surface area contributed by atoms with Gasteiger partial charge in [-0.25, -0.2) is 8.42 Å². The van der Waals surface area contributed by atoms with Crippen LogP contribution in [0.2, 0.25) is 0 Å². The topological polar surface area (TPSA) is 83.9 Å². The van der Waals surface area contributed by atoms with E-state index in [0.29, 0.717) is 13.2 Å². The van der Waals surface area contributed by atoms with Crippen LogP contribution in [0.15, 0.2) is 0 Å². The van der Waals surface area contributed by atoms with Crippen molar-refractivity contribution in [2.45, 2.75) is 20.3 Å². The van der Waals surface area contributed by atoms with E-state index in [2.05, 4.69) is 0 Å². The number of carbonyl (C=O) groups is 1. The highest BCUT2D eigenvalue weighted by molar-refractivity contribution is 7.89. The van der Waals surface area contributed by atoms with Crippen LogP contribution in [0.4, 0.5) is 0 Å². The van der Waals surface area contributed by atoms with Crippen molar-refractivity contribution in [2.75, 3.05) is 32.6 Å². The third-order valence-corrected chi connectivity index (χ3v) is 3.92. The van der Waals surface area contributed by atoms with E-state index in [4.69, 9.17) is 9.84 Å². The predicted molar refractivity (Wildman–Crippen MR) is 64.3 cm³/mol. The Hall–Kier alpha value is -0.660. The van der Waals surface area contributed by atoms with E-state index in [0.717, 1.165) is 0 Å². The number of sulfonamides is 1. The summed E-state index contributed by atoms with van der Waals surface area (Å²) in [5.74, 6) is -1.28. The Morgan fingerprint density at radius 1 is 1.41 bits per heavy atom. The van der Waals surface area contributed by atoms with Crippen LogP contribution in [-0.2, 0) is 19.6 Å². The second-order valence-corrected chi connectivity index (χ2v) is 6.29. The van der Waals surface area contributed by atoms with E-state index in [1.54, 1.807) is 0 Å². The molecule has 7 heteroatoms. The van der Waals surface area contributed by atoms with Crippen LogP contribution in [0.3, 0.4) is 0 Å². The average molecular weight is 267 g/mol. The number of rotatable bonds is 9. The number of aliphatic carboxylic acids is 1. The molecule has 0 aliphatic heterocycles. The molecular weight excluding hydrogens is 246 g/mol. The molecule has 0 amide bonds. The van der Waals surface area contributed by atoms with E-state index in [-0.39, 0.29) is 24.6 Å². The highest BCUT2D eigenvalue weighted by Crippen LogP contribution is 2.07. The molecule has 0 radical (unpaired) electrons. The van der Waals surface area contributed by atoms with Crippen molar-refractivity contribution in [3.63, 3.8) is 0 Å². The van der Waals surface area contributed by atoms with Crippen LogP contribution in [-0.4, -0.2) is 56.4 Å². The Labute approximate surface area is 103 Å². The van der Waals surface area contributed by atoms with Gasteiger partial charge in [0.25, 0.3) is 0 Å². The molecule has 0 saturated carbocycles. The largest absolute Gasteiger partial charge is 0.481 e. The first-order valence-electron chi connectivity index (χ1n) is 5.48. The molecule has 17 heavy (non-hydrogen) atoms. The predicted octanol–water partition coefficient (Wildman–Crippen LogP) is 0.395. The zero-order chi connectivity index (χ0) is 13.5. The smallest absolute Gasteiger partial charge is 0.304 e. The fraction of sp³-hybridized carbons (Fsp3) is 0.900. The first-order chi connectivity index (χ1) is 7.79. The van der Waals surface area contributed by atoms with E-state index < -0.39 is 16.0 Å². The molecule has 6 nitrogen and oxygen atoms in total. The van der Waals surface area contributed by atoms with Crippen molar-refractivity contribution < 1.29 is 23.1 Å². The van der Waals surface area contributed by atoms with Crippen molar-refractivity contribution in [3.8, 4) is 0 Å². The molecule has 0 spiro atoms. The SMILES string of the molecule is COCCN(CC(C)C)S(=O)(=O)CCC(=O)O. The zero-order valence-electron chi connectivity index (χ0n) is 10.5. The van der Waals surface area contributed by atoms with Crippen molar-refractivity contribution in [1.29, 1.82) is 0 Å². The van der Waals surface area contributed by atoms with Gasteiger partial charge >= 0.3 is 5.97 Å². The number of carboxylic acid groups (broad SMARTS) is 1. The fourth-order valence-electron chi connectivity index (χ4n) is 1.29. The van der Waals surface area contributed by atoms with Gasteiger partial charge in [0.2, 0.25) is 10.0 Å². The van der Waals surface area contributed by atoms with Gasteiger partial charge in [0.1, 0.15) is 0 Å². The quantitative estimate of drug-likeness (QED) is 0.653. The summed E-state index contributed by atoms with van der Waals surface area (Å²) < 4.78 is 29.9. The summed E-state index contributed by atoms with van der Waals surface area (Å²) in [6.45, 7) is 4.76. The number of hydrogen-bond acceptors (Lipinski definition) is 4. The van der Waals surface area contributed by atoms with Crippen molar-refractivity contribution in [2.24, 2.45) is 5.92 Å². The standard InChI is InChI=1S/C10H21NO5S/c1-9(2)8-11(5-6-16-3)17(14,15)7-4-10(12)13/h9H,4-8H2,1-3H3,(H,12,13). The van der Waals surface area contributed by atoms with Crippen molar-refractivity contribution in [1.82, 2.24) is 4.31 Å². The summed E-state index contributed by atoms with van der Waals surface area (Å²) in [6.07, 6.45) is -0.371. The van der Waals surface area contributed by atoms with Crippen LogP contribution >= 0.6 is 0 Å². The van der Waals surface area contributed by atoms with Gasteiger partial charge in [-0.1, -0.05) is 13.8 Å². The van der Waals surface area contributed by atoms with E-state index in [9.17, 15) is 13.2 Å².